The fraction of sp³-hybridized carbons (Fsp3) is 0.867. The number of carbonyl (C=O) groups excluding carboxylic acids is 2. The zero-order valence-corrected chi connectivity index (χ0v) is 12.2. The predicted octanol–water partition coefficient (Wildman–Crippen LogP) is 1.86. The molecule has 19 heavy (non-hydrogen) atoms. The van der Waals surface area contributed by atoms with Gasteiger partial charge in [-0.2, -0.15) is 0 Å². The van der Waals surface area contributed by atoms with Gasteiger partial charge in [-0.1, -0.05) is 6.92 Å². The zero-order chi connectivity index (χ0) is 14.7. The van der Waals surface area contributed by atoms with Crippen molar-refractivity contribution in [3.63, 3.8) is 0 Å². The first-order chi connectivity index (χ1) is 8.71. The molecule has 3 unspecified atom stereocenters. The number of aliphatic hydroxyl groups is 2. The molecule has 0 aliphatic heterocycles. The lowest BCUT2D eigenvalue weighted by atomic mass is 9.65. The molecular formula is C15H26O4. The van der Waals surface area contributed by atoms with Crippen LogP contribution in [0.1, 0.15) is 59.3 Å². The van der Waals surface area contributed by atoms with Crippen LogP contribution in [0, 0.1) is 11.3 Å². The van der Waals surface area contributed by atoms with Gasteiger partial charge in [-0.05, 0) is 45.4 Å². The Morgan fingerprint density at radius 2 is 2.16 bits per heavy atom. The van der Waals surface area contributed by atoms with Crippen molar-refractivity contribution in [3.05, 3.63) is 0 Å². The fourth-order valence-corrected chi connectivity index (χ4v) is 2.86. The van der Waals surface area contributed by atoms with E-state index in [1.807, 2.05) is 6.92 Å². The molecule has 0 aromatic rings. The molecule has 1 aliphatic carbocycles. The van der Waals surface area contributed by atoms with Crippen molar-refractivity contribution < 1.29 is 19.8 Å². The molecule has 0 aromatic carbocycles. The van der Waals surface area contributed by atoms with Gasteiger partial charge < -0.3 is 15.0 Å². The minimum atomic E-state index is -1.17. The van der Waals surface area contributed by atoms with Crippen LogP contribution in [-0.2, 0) is 9.59 Å². The summed E-state index contributed by atoms with van der Waals surface area (Å²) in [5.74, 6) is 0.153. The Bertz CT molecular complexity index is 348. The van der Waals surface area contributed by atoms with Crippen LogP contribution in [0.5, 0.6) is 0 Å². The van der Waals surface area contributed by atoms with Crippen LogP contribution in [0.3, 0.4) is 0 Å². The third-order valence-corrected chi connectivity index (χ3v) is 4.61. The normalized spacial score (nSPS) is 31.0. The minimum absolute atomic E-state index is 0.154. The van der Waals surface area contributed by atoms with E-state index in [1.165, 1.54) is 0 Å². The van der Waals surface area contributed by atoms with E-state index in [-0.39, 0.29) is 29.5 Å². The molecule has 0 saturated heterocycles. The lowest BCUT2D eigenvalue weighted by Crippen LogP contribution is -2.45. The first-order valence-corrected chi connectivity index (χ1v) is 7.07. The monoisotopic (exact) mass is 270 g/mol. The molecule has 3 atom stereocenters. The topological polar surface area (TPSA) is 74.6 Å². The molecule has 1 fully saturated rings. The SMILES string of the molecule is CC(=O)CCCC1(C)CCC(C(C)(O)CO)CC1=O. The molecule has 0 spiro atoms. The second-order valence-corrected chi connectivity index (χ2v) is 6.49. The van der Waals surface area contributed by atoms with Gasteiger partial charge in [0, 0.05) is 18.3 Å². The summed E-state index contributed by atoms with van der Waals surface area (Å²) >= 11 is 0. The van der Waals surface area contributed by atoms with Crippen LogP contribution in [0.15, 0.2) is 0 Å². The number of Topliss-reactive ketones (excluding diaryl/α,β-unsaturated/α-hetero) is 2. The summed E-state index contributed by atoms with van der Waals surface area (Å²) in [7, 11) is 0. The highest BCUT2D eigenvalue weighted by Gasteiger charge is 2.43. The Morgan fingerprint density at radius 3 is 2.63 bits per heavy atom. The van der Waals surface area contributed by atoms with Crippen molar-refractivity contribution in [3.8, 4) is 0 Å². The molecule has 0 heterocycles. The molecule has 0 aromatic heterocycles. The van der Waals surface area contributed by atoms with Crippen LogP contribution < -0.4 is 0 Å². The van der Waals surface area contributed by atoms with Crippen LogP contribution >= 0.6 is 0 Å². The summed E-state index contributed by atoms with van der Waals surface area (Å²) < 4.78 is 0. The number of rotatable bonds is 6. The van der Waals surface area contributed by atoms with E-state index in [9.17, 15) is 14.7 Å². The molecule has 1 saturated carbocycles. The van der Waals surface area contributed by atoms with E-state index < -0.39 is 5.60 Å². The van der Waals surface area contributed by atoms with Crippen molar-refractivity contribution >= 4 is 11.6 Å². The van der Waals surface area contributed by atoms with Gasteiger partial charge in [0.15, 0.2) is 0 Å². The second kappa shape index (κ2) is 6.14. The van der Waals surface area contributed by atoms with Crippen LogP contribution in [-0.4, -0.2) is 34.0 Å². The molecule has 1 rings (SSSR count). The third kappa shape index (κ3) is 4.11. The molecule has 0 amide bonds. The molecule has 4 heteroatoms. The van der Waals surface area contributed by atoms with Gasteiger partial charge >= 0.3 is 0 Å². The molecule has 4 nitrogen and oxygen atoms in total. The summed E-state index contributed by atoms with van der Waals surface area (Å²) in [5, 5.41) is 19.2. The van der Waals surface area contributed by atoms with E-state index in [2.05, 4.69) is 0 Å². The van der Waals surface area contributed by atoms with E-state index >= 15 is 0 Å². The number of aliphatic hydroxyl groups excluding tert-OH is 1. The van der Waals surface area contributed by atoms with Crippen molar-refractivity contribution in [1.29, 1.82) is 0 Å². The van der Waals surface area contributed by atoms with Crippen LogP contribution in [0.4, 0.5) is 0 Å². The van der Waals surface area contributed by atoms with E-state index in [0.717, 1.165) is 25.7 Å². The molecule has 110 valence electrons. The Labute approximate surface area is 115 Å². The maximum absolute atomic E-state index is 12.3. The van der Waals surface area contributed by atoms with Gasteiger partial charge in [0.25, 0.3) is 0 Å². The first kappa shape index (κ1) is 16.3. The number of hydrogen-bond acceptors (Lipinski definition) is 4. The molecule has 2 N–H and O–H groups in total. The first-order valence-electron chi connectivity index (χ1n) is 7.07. The number of carbonyl (C=O) groups is 2. The van der Waals surface area contributed by atoms with Crippen molar-refractivity contribution in [2.45, 2.75) is 64.9 Å². The van der Waals surface area contributed by atoms with Crippen molar-refractivity contribution in [2.75, 3.05) is 6.61 Å². The average Bonchev–Trinajstić information content (AvgIpc) is 2.32. The average molecular weight is 270 g/mol. The summed E-state index contributed by atoms with van der Waals surface area (Å²) in [5.41, 5.74) is -1.53. The van der Waals surface area contributed by atoms with Gasteiger partial charge in [0.1, 0.15) is 11.6 Å². The highest BCUT2D eigenvalue weighted by atomic mass is 16.3. The van der Waals surface area contributed by atoms with E-state index in [0.29, 0.717) is 12.8 Å². The Balaban J connectivity index is 2.58. The summed E-state index contributed by atoms with van der Waals surface area (Å²) in [6.45, 7) is 4.80. The largest absolute Gasteiger partial charge is 0.393 e. The molecule has 0 bridgehead atoms. The Kier molecular flexibility index (Phi) is 5.27. The van der Waals surface area contributed by atoms with E-state index in [1.54, 1.807) is 13.8 Å². The maximum Gasteiger partial charge on any atom is 0.139 e. The Morgan fingerprint density at radius 1 is 1.53 bits per heavy atom. The third-order valence-electron chi connectivity index (χ3n) is 4.61. The maximum atomic E-state index is 12.3. The smallest absolute Gasteiger partial charge is 0.139 e. The van der Waals surface area contributed by atoms with E-state index in [4.69, 9.17) is 5.11 Å². The van der Waals surface area contributed by atoms with Crippen LogP contribution in [0.2, 0.25) is 0 Å². The predicted molar refractivity (Wildman–Crippen MR) is 72.7 cm³/mol. The van der Waals surface area contributed by atoms with Gasteiger partial charge in [-0.3, -0.25) is 4.79 Å². The van der Waals surface area contributed by atoms with Crippen LogP contribution in [0.25, 0.3) is 0 Å². The standard InChI is InChI=1S/C15H26O4/c1-11(17)5-4-7-14(2)8-6-12(9-13(14)18)15(3,19)10-16/h12,16,19H,4-10H2,1-3H3. The molecular weight excluding hydrogens is 244 g/mol. The lowest BCUT2D eigenvalue weighted by molar-refractivity contribution is -0.139. The number of hydrogen-bond donors (Lipinski definition) is 2. The lowest BCUT2D eigenvalue weighted by Gasteiger charge is -2.41. The summed E-state index contributed by atoms with van der Waals surface area (Å²) in [4.78, 5) is 23.2. The summed E-state index contributed by atoms with van der Waals surface area (Å²) in [6.07, 6.45) is 3.81. The van der Waals surface area contributed by atoms with Gasteiger partial charge in [0.05, 0.1) is 12.2 Å². The zero-order valence-electron chi connectivity index (χ0n) is 12.2. The molecule has 1 aliphatic rings. The Hall–Kier alpha value is -0.740. The fourth-order valence-electron chi connectivity index (χ4n) is 2.86. The minimum Gasteiger partial charge on any atom is -0.393 e. The second-order valence-electron chi connectivity index (χ2n) is 6.49. The molecule has 0 radical (unpaired) electrons. The highest BCUT2D eigenvalue weighted by molar-refractivity contribution is 5.85. The van der Waals surface area contributed by atoms with Gasteiger partial charge in [0.2, 0.25) is 0 Å². The summed E-state index contributed by atoms with van der Waals surface area (Å²) in [6, 6.07) is 0. The van der Waals surface area contributed by atoms with Crippen molar-refractivity contribution in [2.24, 2.45) is 11.3 Å². The van der Waals surface area contributed by atoms with Gasteiger partial charge in [-0.15, -0.1) is 0 Å². The van der Waals surface area contributed by atoms with Crippen molar-refractivity contribution in [1.82, 2.24) is 0 Å². The van der Waals surface area contributed by atoms with Gasteiger partial charge in [-0.25, -0.2) is 0 Å². The quantitative estimate of drug-likeness (QED) is 0.772. The number of ketones is 2. The highest BCUT2D eigenvalue weighted by Crippen LogP contribution is 2.42.